The molecule has 0 spiro atoms. The molecule has 7 nitrogen and oxygen atoms in total. The van der Waals surface area contributed by atoms with Gasteiger partial charge in [0.25, 0.3) is 0 Å². The van der Waals surface area contributed by atoms with Crippen LogP contribution in [0.25, 0.3) is 0 Å². The van der Waals surface area contributed by atoms with Crippen LogP contribution in [0.15, 0.2) is 24.3 Å². The minimum Gasteiger partial charge on any atom is -0.377 e. The van der Waals surface area contributed by atoms with Crippen molar-refractivity contribution in [2.24, 2.45) is 5.92 Å². The minimum atomic E-state index is -0.738. The average Bonchev–Trinajstić information content (AvgIpc) is 2.80. The number of amides is 3. The van der Waals surface area contributed by atoms with Gasteiger partial charge in [0, 0.05) is 23.0 Å². The first kappa shape index (κ1) is 30.6. The molecule has 33 heavy (non-hydrogen) atoms. The summed E-state index contributed by atoms with van der Waals surface area (Å²) in [6.07, 6.45) is 4.44. The molecule has 1 aromatic carbocycles. The molecule has 3 N–H and O–H groups in total. The fraction of sp³-hybridized carbons (Fsp3) is 0.654. The van der Waals surface area contributed by atoms with Crippen LogP contribution in [0.4, 0.5) is 5.69 Å². The Morgan fingerprint density at radius 1 is 0.909 bits per heavy atom. The van der Waals surface area contributed by atoms with E-state index in [1.807, 2.05) is 46.8 Å². The molecular formula is C26H51N3O4. The molecule has 0 aliphatic rings. The van der Waals surface area contributed by atoms with Crippen molar-refractivity contribution in [1.29, 1.82) is 0 Å². The molecule has 2 atom stereocenters. The summed E-state index contributed by atoms with van der Waals surface area (Å²) in [5.41, 5.74) is 1.67. The van der Waals surface area contributed by atoms with Gasteiger partial charge in [-0.1, -0.05) is 66.0 Å². The van der Waals surface area contributed by atoms with Crippen molar-refractivity contribution >= 4 is 23.4 Å². The molecule has 0 aromatic heterocycles. The van der Waals surface area contributed by atoms with E-state index in [1.165, 1.54) is 0 Å². The number of hydrogen-bond acceptors (Lipinski definition) is 4. The zero-order chi connectivity index (χ0) is 25.2. The van der Waals surface area contributed by atoms with Crippen molar-refractivity contribution in [3.63, 3.8) is 0 Å². The first-order chi connectivity index (χ1) is 15.8. The van der Waals surface area contributed by atoms with Crippen molar-refractivity contribution in [1.82, 2.24) is 10.6 Å². The number of carbonyl (C=O) groups excluding carboxylic acids is 3. The van der Waals surface area contributed by atoms with Crippen LogP contribution in [0.5, 0.6) is 0 Å². The number of anilines is 1. The topological polar surface area (TPSA) is 96.5 Å². The molecule has 0 aliphatic heterocycles. The number of nitrogens with one attached hydrogen (secondary N) is 3. The van der Waals surface area contributed by atoms with Crippen molar-refractivity contribution in [2.45, 2.75) is 99.3 Å². The zero-order valence-electron chi connectivity index (χ0n) is 21.6. The van der Waals surface area contributed by atoms with Crippen LogP contribution in [0.1, 0.15) is 90.4 Å². The number of benzene rings is 1. The average molecular weight is 470 g/mol. The van der Waals surface area contributed by atoms with E-state index in [4.69, 9.17) is 4.74 Å². The number of ether oxygens (including phenoxy) is 1. The molecule has 194 valence electrons. The summed E-state index contributed by atoms with van der Waals surface area (Å²) in [5, 5.41) is 8.33. The fourth-order valence-electron chi connectivity index (χ4n) is 3.02. The monoisotopic (exact) mass is 469 g/mol. The summed E-state index contributed by atoms with van der Waals surface area (Å²) in [4.78, 5) is 37.4. The van der Waals surface area contributed by atoms with Gasteiger partial charge in [-0.3, -0.25) is 14.4 Å². The highest BCUT2D eigenvalue weighted by Crippen LogP contribution is 2.11. The molecule has 0 saturated heterocycles. The zero-order valence-corrected chi connectivity index (χ0v) is 21.6. The van der Waals surface area contributed by atoms with Gasteiger partial charge in [-0.05, 0) is 43.9 Å². The largest absolute Gasteiger partial charge is 0.377 e. The molecular weight excluding hydrogens is 418 g/mol. The highest BCUT2D eigenvalue weighted by atomic mass is 16.5. The van der Waals surface area contributed by atoms with Crippen molar-refractivity contribution in [3.8, 4) is 0 Å². The summed E-state index contributed by atoms with van der Waals surface area (Å²) in [7, 11) is 0. The molecule has 0 heterocycles. The van der Waals surface area contributed by atoms with Gasteiger partial charge in [-0.2, -0.15) is 0 Å². The second kappa shape index (κ2) is 18.1. The maximum atomic E-state index is 12.7. The van der Waals surface area contributed by atoms with E-state index in [0.717, 1.165) is 31.2 Å². The quantitative estimate of drug-likeness (QED) is 0.312. The molecule has 0 radical (unpaired) electrons. The van der Waals surface area contributed by atoms with Crippen LogP contribution in [-0.2, 0) is 25.7 Å². The lowest BCUT2D eigenvalue weighted by molar-refractivity contribution is -0.131. The van der Waals surface area contributed by atoms with Gasteiger partial charge in [0.2, 0.25) is 17.7 Å². The van der Waals surface area contributed by atoms with E-state index in [-0.39, 0.29) is 27.9 Å². The Morgan fingerprint density at radius 2 is 1.55 bits per heavy atom. The predicted molar refractivity (Wildman–Crippen MR) is 141 cm³/mol. The molecule has 1 rings (SSSR count). The summed E-state index contributed by atoms with van der Waals surface area (Å²) < 4.78 is 5.36. The van der Waals surface area contributed by atoms with Gasteiger partial charge in [-0.15, -0.1) is 0 Å². The molecule has 1 aromatic rings. The standard InChI is InChI=1S/C24H39N3O4.C2H6.3H2/c1-6-8-9-10-11-21(28)27-22(17(3)4)24(30)25-18(5)23(29)26-20-14-12-19(13-15-20)16-31-7-2;1-2;;;/h12-15,17-18,22H,6-11,16H2,1-5H3,(H,25,30)(H,26,29)(H,27,28);1-2H3;3*1H/t18-,22-;;;;/m0..../s1. The summed E-state index contributed by atoms with van der Waals surface area (Å²) in [5.74, 6) is -0.895. The fourth-order valence-corrected chi connectivity index (χ4v) is 3.02. The first-order valence-electron chi connectivity index (χ1n) is 12.4. The molecule has 0 aliphatic carbocycles. The molecule has 0 unspecified atom stereocenters. The SMILES string of the molecule is CC.CCCCCCC(=O)N[C@H](C(=O)N[C@@H](C)C(=O)Nc1ccc(COCC)cc1)C(C)C.[HH].[HH].[HH]. The minimum absolute atomic E-state index is 0. The maximum absolute atomic E-state index is 12.7. The van der Waals surface area contributed by atoms with Crippen LogP contribution < -0.4 is 16.0 Å². The second-order valence-electron chi connectivity index (χ2n) is 8.15. The predicted octanol–water partition coefficient (Wildman–Crippen LogP) is 5.54. The van der Waals surface area contributed by atoms with E-state index in [2.05, 4.69) is 22.9 Å². The number of carbonyl (C=O) groups is 3. The number of hydrogen-bond donors (Lipinski definition) is 3. The van der Waals surface area contributed by atoms with Crippen LogP contribution >= 0.6 is 0 Å². The highest BCUT2D eigenvalue weighted by Gasteiger charge is 2.26. The lowest BCUT2D eigenvalue weighted by Crippen LogP contribution is -2.53. The highest BCUT2D eigenvalue weighted by molar-refractivity contribution is 5.98. The second-order valence-corrected chi connectivity index (χ2v) is 8.15. The van der Waals surface area contributed by atoms with Gasteiger partial charge < -0.3 is 20.7 Å². The summed E-state index contributed by atoms with van der Waals surface area (Å²) in [6.45, 7) is 14.6. The molecule has 0 bridgehead atoms. The lowest BCUT2D eigenvalue weighted by Gasteiger charge is -2.24. The van der Waals surface area contributed by atoms with Gasteiger partial charge in [-0.25, -0.2) is 0 Å². The van der Waals surface area contributed by atoms with Crippen LogP contribution in [-0.4, -0.2) is 36.4 Å². The Balaban J connectivity index is -0.000000997. The first-order valence-corrected chi connectivity index (χ1v) is 12.4. The molecule has 0 saturated carbocycles. The normalized spacial score (nSPS) is 12.2. The lowest BCUT2D eigenvalue weighted by atomic mass is 10.0. The van der Waals surface area contributed by atoms with Crippen molar-refractivity contribution in [2.75, 3.05) is 11.9 Å². The van der Waals surface area contributed by atoms with Gasteiger partial charge in [0.05, 0.1) is 6.61 Å². The third-order valence-electron chi connectivity index (χ3n) is 4.97. The van der Waals surface area contributed by atoms with Gasteiger partial charge in [0.15, 0.2) is 0 Å². The summed E-state index contributed by atoms with van der Waals surface area (Å²) >= 11 is 0. The smallest absolute Gasteiger partial charge is 0.246 e. The number of unbranched alkanes of at least 4 members (excludes halogenated alkanes) is 3. The maximum Gasteiger partial charge on any atom is 0.246 e. The Hall–Kier alpha value is -2.41. The van der Waals surface area contributed by atoms with Crippen molar-refractivity contribution in [3.05, 3.63) is 29.8 Å². The van der Waals surface area contributed by atoms with Crippen LogP contribution in [0.3, 0.4) is 0 Å². The third-order valence-corrected chi connectivity index (χ3v) is 4.97. The third kappa shape index (κ3) is 13.0. The van der Waals surface area contributed by atoms with E-state index >= 15 is 0 Å². The van der Waals surface area contributed by atoms with E-state index in [9.17, 15) is 14.4 Å². The molecule has 3 amide bonds. The molecule has 0 fully saturated rings. The molecule has 7 heteroatoms. The Labute approximate surface area is 204 Å². The van der Waals surface area contributed by atoms with E-state index in [0.29, 0.717) is 25.3 Å². The Morgan fingerprint density at radius 3 is 2.09 bits per heavy atom. The van der Waals surface area contributed by atoms with Gasteiger partial charge in [0.1, 0.15) is 12.1 Å². The Kier molecular flexibility index (Phi) is 16.7. The van der Waals surface area contributed by atoms with Crippen LogP contribution in [0, 0.1) is 5.92 Å². The van der Waals surface area contributed by atoms with E-state index in [1.54, 1.807) is 19.1 Å². The Bertz CT molecular complexity index is 704. The van der Waals surface area contributed by atoms with E-state index < -0.39 is 12.1 Å². The van der Waals surface area contributed by atoms with Crippen molar-refractivity contribution < 1.29 is 23.4 Å². The van der Waals surface area contributed by atoms with Crippen LogP contribution in [0.2, 0.25) is 0 Å². The van der Waals surface area contributed by atoms with Gasteiger partial charge >= 0.3 is 0 Å². The number of rotatable bonds is 14. The summed E-state index contributed by atoms with van der Waals surface area (Å²) in [6, 6.07) is 5.97.